The SMILES string of the molecule is CCC1c2ccsc2CCN1CC(=O)N1CCN(c2ncccn2)CC1. The quantitative estimate of drug-likeness (QED) is 0.825. The maximum Gasteiger partial charge on any atom is 0.236 e. The molecule has 1 amide bonds. The summed E-state index contributed by atoms with van der Waals surface area (Å²) in [5.74, 6) is 1.00. The van der Waals surface area contributed by atoms with Crippen molar-refractivity contribution in [2.45, 2.75) is 25.8 Å². The number of nitrogens with zero attached hydrogens (tertiary/aromatic N) is 5. The van der Waals surface area contributed by atoms with Crippen LogP contribution in [-0.4, -0.2) is 64.9 Å². The molecule has 6 nitrogen and oxygen atoms in total. The molecule has 1 saturated heterocycles. The molecule has 2 aromatic rings. The number of rotatable bonds is 4. The lowest BCUT2D eigenvalue weighted by atomic mass is 9.98. The molecular weight excluding hydrogens is 346 g/mol. The van der Waals surface area contributed by atoms with E-state index in [2.05, 4.69) is 38.1 Å². The molecule has 2 aliphatic heterocycles. The Balaban J connectivity index is 1.34. The molecule has 4 rings (SSSR count). The summed E-state index contributed by atoms with van der Waals surface area (Å²) in [7, 11) is 0. The summed E-state index contributed by atoms with van der Waals surface area (Å²) in [6, 6.07) is 4.45. The number of fused-ring (bicyclic) bond motifs is 1. The van der Waals surface area contributed by atoms with E-state index in [4.69, 9.17) is 0 Å². The fraction of sp³-hybridized carbons (Fsp3) is 0.526. The fourth-order valence-electron chi connectivity index (χ4n) is 4.00. The minimum absolute atomic E-state index is 0.246. The van der Waals surface area contributed by atoms with Gasteiger partial charge in [0.2, 0.25) is 11.9 Å². The minimum atomic E-state index is 0.246. The number of carbonyl (C=O) groups is 1. The van der Waals surface area contributed by atoms with Crippen molar-refractivity contribution in [1.82, 2.24) is 19.8 Å². The standard InChI is InChI=1S/C19H25N5OS/c1-2-16-15-5-13-26-17(15)4-8-24(16)14-18(25)22-9-11-23(12-10-22)19-20-6-3-7-21-19/h3,5-7,13,16H,2,4,8-12,14H2,1H3. The average Bonchev–Trinajstić information content (AvgIpc) is 3.17. The van der Waals surface area contributed by atoms with Gasteiger partial charge in [-0.15, -0.1) is 11.3 Å². The van der Waals surface area contributed by atoms with Gasteiger partial charge in [0.25, 0.3) is 0 Å². The van der Waals surface area contributed by atoms with Crippen molar-refractivity contribution in [1.29, 1.82) is 0 Å². The molecule has 0 radical (unpaired) electrons. The van der Waals surface area contributed by atoms with Crippen LogP contribution in [0.3, 0.4) is 0 Å². The van der Waals surface area contributed by atoms with E-state index in [1.54, 1.807) is 12.4 Å². The number of aromatic nitrogens is 2. The summed E-state index contributed by atoms with van der Waals surface area (Å²) >= 11 is 1.85. The second-order valence-electron chi connectivity index (χ2n) is 6.86. The Hall–Kier alpha value is -1.99. The first kappa shape index (κ1) is 17.4. The van der Waals surface area contributed by atoms with Gasteiger partial charge in [0.15, 0.2) is 0 Å². The van der Waals surface area contributed by atoms with Crippen molar-refractivity contribution in [3.63, 3.8) is 0 Å². The molecule has 2 aliphatic rings. The third-order valence-corrected chi connectivity index (χ3v) is 6.39. The first-order valence-corrected chi connectivity index (χ1v) is 10.2. The minimum Gasteiger partial charge on any atom is -0.338 e. The molecule has 138 valence electrons. The van der Waals surface area contributed by atoms with E-state index in [1.165, 1.54) is 10.4 Å². The normalized spacial score (nSPS) is 20.9. The lowest BCUT2D eigenvalue weighted by molar-refractivity contribution is -0.133. The molecule has 2 aromatic heterocycles. The monoisotopic (exact) mass is 371 g/mol. The zero-order valence-electron chi connectivity index (χ0n) is 15.2. The first-order valence-electron chi connectivity index (χ1n) is 9.36. The molecule has 0 aliphatic carbocycles. The van der Waals surface area contributed by atoms with Gasteiger partial charge in [-0.05, 0) is 35.9 Å². The molecular formula is C19H25N5OS. The second-order valence-corrected chi connectivity index (χ2v) is 7.86. The molecule has 0 bridgehead atoms. The van der Waals surface area contributed by atoms with Crippen LogP contribution in [0.1, 0.15) is 29.8 Å². The third kappa shape index (κ3) is 3.46. The highest BCUT2D eigenvalue weighted by Gasteiger charge is 2.30. The van der Waals surface area contributed by atoms with Crippen LogP contribution < -0.4 is 4.90 Å². The molecule has 4 heterocycles. The molecule has 7 heteroatoms. The Bertz CT molecular complexity index is 741. The molecule has 1 fully saturated rings. The number of anilines is 1. The zero-order valence-corrected chi connectivity index (χ0v) is 16.0. The van der Waals surface area contributed by atoms with Crippen molar-refractivity contribution in [2.24, 2.45) is 0 Å². The van der Waals surface area contributed by atoms with Gasteiger partial charge in [0.05, 0.1) is 6.54 Å². The maximum atomic E-state index is 12.9. The van der Waals surface area contributed by atoms with Crippen molar-refractivity contribution in [3.8, 4) is 0 Å². The van der Waals surface area contributed by atoms with Crippen LogP contribution in [0.15, 0.2) is 29.9 Å². The summed E-state index contributed by atoms with van der Waals surface area (Å²) in [5, 5.41) is 2.18. The van der Waals surface area contributed by atoms with Gasteiger partial charge in [-0.3, -0.25) is 9.69 Å². The predicted octanol–water partition coefficient (Wildman–Crippen LogP) is 2.20. The van der Waals surface area contributed by atoms with E-state index in [9.17, 15) is 4.79 Å². The lowest BCUT2D eigenvalue weighted by Gasteiger charge is -2.38. The second kappa shape index (κ2) is 7.72. The van der Waals surface area contributed by atoms with Gasteiger partial charge < -0.3 is 9.80 Å². The van der Waals surface area contributed by atoms with Crippen molar-refractivity contribution in [3.05, 3.63) is 40.3 Å². The smallest absolute Gasteiger partial charge is 0.236 e. The summed E-state index contributed by atoms with van der Waals surface area (Å²) in [6.07, 6.45) is 5.64. The number of thiophene rings is 1. The number of piperazine rings is 1. The first-order chi connectivity index (χ1) is 12.8. The predicted molar refractivity (Wildman–Crippen MR) is 103 cm³/mol. The van der Waals surface area contributed by atoms with Crippen LogP contribution in [0.25, 0.3) is 0 Å². The van der Waals surface area contributed by atoms with Gasteiger partial charge >= 0.3 is 0 Å². The Morgan fingerprint density at radius 2 is 1.96 bits per heavy atom. The van der Waals surface area contributed by atoms with Crippen LogP contribution in [0.4, 0.5) is 5.95 Å². The highest BCUT2D eigenvalue weighted by molar-refractivity contribution is 7.10. The number of carbonyl (C=O) groups excluding carboxylic acids is 1. The number of hydrogen-bond donors (Lipinski definition) is 0. The summed E-state index contributed by atoms with van der Waals surface area (Å²) < 4.78 is 0. The fourth-order valence-corrected chi connectivity index (χ4v) is 4.93. The van der Waals surface area contributed by atoms with Gasteiger partial charge in [-0.2, -0.15) is 0 Å². The van der Waals surface area contributed by atoms with E-state index in [0.717, 1.165) is 51.5 Å². The van der Waals surface area contributed by atoms with Gasteiger partial charge in [0.1, 0.15) is 0 Å². The molecule has 26 heavy (non-hydrogen) atoms. The van der Waals surface area contributed by atoms with E-state index < -0.39 is 0 Å². The van der Waals surface area contributed by atoms with Crippen LogP contribution >= 0.6 is 11.3 Å². The van der Waals surface area contributed by atoms with Crippen molar-refractivity contribution < 1.29 is 4.79 Å². The highest BCUT2D eigenvalue weighted by atomic mass is 32.1. The number of amides is 1. The highest BCUT2D eigenvalue weighted by Crippen LogP contribution is 2.35. The van der Waals surface area contributed by atoms with Gasteiger partial charge in [-0.1, -0.05) is 6.92 Å². The van der Waals surface area contributed by atoms with Gasteiger partial charge in [0, 0.05) is 56.0 Å². The van der Waals surface area contributed by atoms with Gasteiger partial charge in [-0.25, -0.2) is 9.97 Å². The topological polar surface area (TPSA) is 52.6 Å². The maximum absolute atomic E-state index is 12.9. The molecule has 1 unspecified atom stereocenters. The van der Waals surface area contributed by atoms with E-state index in [0.29, 0.717) is 12.6 Å². The lowest BCUT2D eigenvalue weighted by Crippen LogP contribution is -2.52. The van der Waals surface area contributed by atoms with Crippen molar-refractivity contribution >= 4 is 23.2 Å². The van der Waals surface area contributed by atoms with Crippen LogP contribution in [0.5, 0.6) is 0 Å². The molecule has 0 N–H and O–H groups in total. The number of hydrogen-bond acceptors (Lipinski definition) is 6. The van der Waals surface area contributed by atoms with Crippen LogP contribution in [-0.2, 0) is 11.2 Å². The Labute approximate surface area is 158 Å². The summed E-state index contributed by atoms with van der Waals surface area (Å²) in [5.41, 5.74) is 1.43. The average molecular weight is 372 g/mol. The van der Waals surface area contributed by atoms with E-state index >= 15 is 0 Å². The van der Waals surface area contributed by atoms with Crippen molar-refractivity contribution in [2.75, 3.05) is 44.2 Å². The van der Waals surface area contributed by atoms with Crippen LogP contribution in [0.2, 0.25) is 0 Å². The molecule has 0 spiro atoms. The Morgan fingerprint density at radius 1 is 1.19 bits per heavy atom. The van der Waals surface area contributed by atoms with Crippen LogP contribution in [0, 0.1) is 0 Å². The summed E-state index contributed by atoms with van der Waals surface area (Å²) in [4.78, 5) is 29.5. The van der Waals surface area contributed by atoms with E-state index in [1.807, 2.05) is 22.3 Å². The molecule has 1 atom stereocenters. The third-order valence-electron chi connectivity index (χ3n) is 5.40. The van der Waals surface area contributed by atoms with E-state index in [-0.39, 0.29) is 5.91 Å². The zero-order chi connectivity index (χ0) is 17.9. The largest absolute Gasteiger partial charge is 0.338 e. The molecule has 0 aromatic carbocycles. The Kier molecular flexibility index (Phi) is 5.17. The Morgan fingerprint density at radius 3 is 2.69 bits per heavy atom. The summed E-state index contributed by atoms with van der Waals surface area (Å²) in [6.45, 7) is 6.79. The molecule has 0 saturated carbocycles.